The summed E-state index contributed by atoms with van der Waals surface area (Å²) in [5.41, 5.74) is 5.41. The molecule has 0 aliphatic carbocycles. The number of primary amides is 1. The zero-order valence-corrected chi connectivity index (χ0v) is 11.4. The predicted molar refractivity (Wildman–Crippen MR) is 68.3 cm³/mol. The lowest BCUT2D eigenvalue weighted by atomic mass is 10.0. The highest BCUT2D eigenvalue weighted by atomic mass is 79.9. The minimum Gasteiger partial charge on any atom is -0.494 e. The number of aromatic nitrogens is 1. The van der Waals surface area contributed by atoms with Crippen LogP contribution in [0.15, 0.2) is 9.27 Å². The fourth-order valence-corrected chi connectivity index (χ4v) is 2.37. The zero-order valence-electron chi connectivity index (χ0n) is 9.79. The van der Waals surface area contributed by atoms with Crippen LogP contribution in [0, 0.1) is 0 Å². The number of carbonyl (C=O) groups excluding carboxylic acids is 1. The van der Waals surface area contributed by atoms with Gasteiger partial charge in [0.25, 0.3) is 11.5 Å². The van der Waals surface area contributed by atoms with Crippen LogP contribution in [0.4, 0.5) is 0 Å². The molecule has 0 aliphatic heterocycles. The smallest absolute Gasteiger partial charge is 0.267 e. The van der Waals surface area contributed by atoms with Crippen molar-refractivity contribution in [2.75, 3.05) is 0 Å². The van der Waals surface area contributed by atoms with Crippen LogP contribution in [0.5, 0.6) is 5.88 Å². The van der Waals surface area contributed by atoms with E-state index in [0.717, 1.165) is 11.0 Å². The molecule has 1 aromatic rings. The summed E-state index contributed by atoms with van der Waals surface area (Å²) in [6.45, 7) is 3.90. The number of hydrogen-bond acceptors (Lipinski definition) is 3. The molecule has 0 aromatic carbocycles. The average molecular weight is 303 g/mol. The van der Waals surface area contributed by atoms with Gasteiger partial charge in [-0.3, -0.25) is 14.2 Å². The molecule has 0 atom stereocenters. The number of rotatable bonds is 4. The largest absolute Gasteiger partial charge is 0.494 e. The summed E-state index contributed by atoms with van der Waals surface area (Å²) in [7, 11) is 0. The molecule has 1 amide bonds. The third kappa shape index (κ3) is 2.36. The van der Waals surface area contributed by atoms with Crippen molar-refractivity contribution in [3.8, 4) is 5.88 Å². The van der Waals surface area contributed by atoms with E-state index in [0.29, 0.717) is 16.5 Å². The second-order valence-corrected chi connectivity index (χ2v) is 4.45. The highest BCUT2D eigenvalue weighted by Gasteiger charge is 2.22. The molecule has 17 heavy (non-hydrogen) atoms. The molecule has 1 heterocycles. The van der Waals surface area contributed by atoms with Crippen molar-refractivity contribution in [1.82, 2.24) is 4.57 Å². The number of pyridine rings is 1. The number of nitrogens with zero attached hydrogens (tertiary/aromatic N) is 1. The van der Waals surface area contributed by atoms with Gasteiger partial charge in [0.05, 0.1) is 4.47 Å². The van der Waals surface area contributed by atoms with Gasteiger partial charge in [0.15, 0.2) is 0 Å². The van der Waals surface area contributed by atoms with Crippen LogP contribution in [0.25, 0.3) is 0 Å². The number of carbonyl (C=O) groups is 1. The van der Waals surface area contributed by atoms with Crippen LogP contribution in [0.2, 0.25) is 0 Å². The SMILES string of the molecule is CCCc1c(C(N)=O)c(O)n(CC)c(=O)c1Br. The summed E-state index contributed by atoms with van der Waals surface area (Å²) in [6, 6.07) is 0. The third-order valence-corrected chi connectivity index (χ3v) is 3.36. The molecule has 0 radical (unpaired) electrons. The number of aromatic hydroxyl groups is 1. The molecule has 6 heteroatoms. The number of halogens is 1. The second-order valence-electron chi connectivity index (χ2n) is 3.65. The molecule has 1 aromatic heterocycles. The monoisotopic (exact) mass is 302 g/mol. The van der Waals surface area contributed by atoms with Crippen LogP contribution < -0.4 is 11.3 Å². The van der Waals surface area contributed by atoms with E-state index in [1.807, 2.05) is 6.92 Å². The van der Waals surface area contributed by atoms with Crippen LogP contribution in [-0.4, -0.2) is 15.6 Å². The summed E-state index contributed by atoms with van der Waals surface area (Å²) in [4.78, 5) is 23.3. The minimum atomic E-state index is -0.728. The van der Waals surface area contributed by atoms with Gasteiger partial charge in [-0.15, -0.1) is 0 Å². The summed E-state index contributed by atoms with van der Waals surface area (Å²) < 4.78 is 1.41. The Labute approximate surface area is 107 Å². The van der Waals surface area contributed by atoms with E-state index in [4.69, 9.17) is 5.73 Å². The van der Waals surface area contributed by atoms with Gasteiger partial charge in [0.2, 0.25) is 5.88 Å². The van der Waals surface area contributed by atoms with Crippen LogP contribution in [0.3, 0.4) is 0 Å². The molecule has 0 fully saturated rings. The van der Waals surface area contributed by atoms with Gasteiger partial charge in [-0.25, -0.2) is 0 Å². The fraction of sp³-hybridized carbons (Fsp3) is 0.455. The average Bonchev–Trinajstić information content (AvgIpc) is 2.26. The summed E-state index contributed by atoms with van der Waals surface area (Å²) in [5.74, 6) is -1.08. The number of nitrogens with two attached hydrogens (primary N) is 1. The molecule has 1 rings (SSSR count). The molecule has 3 N–H and O–H groups in total. The second kappa shape index (κ2) is 5.35. The molecule has 94 valence electrons. The summed E-state index contributed by atoms with van der Waals surface area (Å²) in [6.07, 6.45) is 1.25. The van der Waals surface area contributed by atoms with Gasteiger partial charge in [-0.2, -0.15) is 0 Å². The first-order valence-corrected chi connectivity index (χ1v) is 6.18. The fourth-order valence-electron chi connectivity index (χ4n) is 1.76. The Balaban J connectivity index is 3.70. The van der Waals surface area contributed by atoms with E-state index in [1.165, 1.54) is 0 Å². The molecule has 0 bridgehead atoms. The Morgan fingerprint density at radius 2 is 2.06 bits per heavy atom. The van der Waals surface area contributed by atoms with Crippen LogP contribution in [-0.2, 0) is 13.0 Å². The molecule has 0 spiro atoms. The van der Waals surface area contributed by atoms with Crippen molar-refractivity contribution in [3.63, 3.8) is 0 Å². The van der Waals surface area contributed by atoms with E-state index < -0.39 is 5.91 Å². The van der Waals surface area contributed by atoms with Crippen LogP contribution >= 0.6 is 15.9 Å². The van der Waals surface area contributed by atoms with Gasteiger partial charge >= 0.3 is 0 Å². The minimum absolute atomic E-state index is 0.0279. The Bertz CT molecular complexity index is 508. The van der Waals surface area contributed by atoms with E-state index in [1.54, 1.807) is 6.92 Å². The Morgan fingerprint density at radius 3 is 2.47 bits per heavy atom. The molecular formula is C11H15BrN2O3. The lowest BCUT2D eigenvalue weighted by Crippen LogP contribution is -2.26. The van der Waals surface area contributed by atoms with Gasteiger partial charge in [-0.05, 0) is 34.8 Å². The first kappa shape index (κ1) is 13.8. The standard InChI is InChI=1S/C11H15BrN2O3/c1-3-5-6-7(9(13)15)10(16)14(4-2)11(17)8(6)12/h16H,3-5H2,1-2H3,(H2,13,15). The van der Waals surface area contributed by atoms with E-state index in [9.17, 15) is 14.7 Å². The van der Waals surface area contributed by atoms with Gasteiger partial charge in [0, 0.05) is 6.54 Å². The highest BCUT2D eigenvalue weighted by Crippen LogP contribution is 2.26. The molecule has 0 saturated carbocycles. The quantitative estimate of drug-likeness (QED) is 0.881. The van der Waals surface area contributed by atoms with Gasteiger partial charge in [-0.1, -0.05) is 13.3 Å². The molecule has 0 aliphatic rings. The van der Waals surface area contributed by atoms with Crippen molar-refractivity contribution in [1.29, 1.82) is 0 Å². The summed E-state index contributed by atoms with van der Waals surface area (Å²) in [5, 5.41) is 9.91. The highest BCUT2D eigenvalue weighted by molar-refractivity contribution is 9.10. The van der Waals surface area contributed by atoms with Gasteiger partial charge < -0.3 is 10.8 Å². The first-order chi connectivity index (χ1) is 7.95. The van der Waals surface area contributed by atoms with E-state index in [2.05, 4.69) is 15.9 Å². The van der Waals surface area contributed by atoms with Crippen molar-refractivity contribution < 1.29 is 9.90 Å². The lowest BCUT2D eigenvalue weighted by Gasteiger charge is -2.14. The van der Waals surface area contributed by atoms with Crippen molar-refractivity contribution in [2.24, 2.45) is 5.73 Å². The van der Waals surface area contributed by atoms with Gasteiger partial charge in [0.1, 0.15) is 5.56 Å². The molecule has 0 saturated heterocycles. The summed E-state index contributed by atoms with van der Waals surface area (Å²) >= 11 is 3.17. The lowest BCUT2D eigenvalue weighted by molar-refractivity contribution is 0.0995. The maximum Gasteiger partial charge on any atom is 0.267 e. The molecule has 5 nitrogen and oxygen atoms in total. The normalized spacial score (nSPS) is 10.5. The zero-order chi connectivity index (χ0) is 13.2. The Kier molecular flexibility index (Phi) is 4.34. The van der Waals surface area contributed by atoms with E-state index >= 15 is 0 Å². The predicted octanol–water partition coefficient (Wildman–Crippen LogP) is 1.39. The molecule has 0 unspecified atom stereocenters. The number of hydrogen-bond donors (Lipinski definition) is 2. The maximum atomic E-state index is 11.9. The maximum absolute atomic E-state index is 11.9. The van der Waals surface area contributed by atoms with Crippen molar-refractivity contribution in [2.45, 2.75) is 33.2 Å². The topological polar surface area (TPSA) is 85.3 Å². The third-order valence-electron chi connectivity index (χ3n) is 2.54. The van der Waals surface area contributed by atoms with Crippen molar-refractivity contribution in [3.05, 3.63) is 26.0 Å². The first-order valence-electron chi connectivity index (χ1n) is 5.39. The van der Waals surface area contributed by atoms with E-state index in [-0.39, 0.29) is 23.5 Å². The Morgan fingerprint density at radius 1 is 1.47 bits per heavy atom. The van der Waals surface area contributed by atoms with Crippen molar-refractivity contribution >= 4 is 21.8 Å². The number of amides is 1. The molecular weight excluding hydrogens is 288 g/mol. The van der Waals surface area contributed by atoms with Crippen LogP contribution in [0.1, 0.15) is 36.2 Å². The Hall–Kier alpha value is -1.30.